The molecular weight excluding hydrogens is 290 g/mol. The Balaban J connectivity index is 2.96. The summed E-state index contributed by atoms with van der Waals surface area (Å²) in [6.45, 7) is 2.41. The average molecular weight is 307 g/mol. The fourth-order valence-corrected chi connectivity index (χ4v) is 4.15. The lowest BCUT2D eigenvalue weighted by Gasteiger charge is -2.16. The molecule has 0 bridgehead atoms. The van der Waals surface area contributed by atoms with Crippen molar-refractivity contribution in [2.75, 3.05) is 27.3 Å². The van der Waals surface area contributed by atoms with Gasteiger partial charge in [-0.05, 0) is 19.4 Å². The van der Waals surface area contributed by atoms with Gasteiger partial charge in [-0.25, -0.2) is 17.5 Å². The molecule has 1 aromatic rings. The van der Waals surface area contributed by atoms with E-state index in [1.807, 2.05) is 0 Å². The zero-order chi connectivity index (χ0) is 14.6. The van der Waals surface area contributed by atoms with Crippen LogP contribution in [0.3, 0.4) is 0 Å². The van der Waals surface area contributed by atoms with Gasteiger partial charge in [0.1, 0.15) is 4.88 Å². The number of ether oxygens (including phenoxy) is 1. The van der Waals surface area contributed by atoms with Crippen molar-refractivity contribution in [2.45, 2.75) is 18.2 Å². The first-order valence-electron chi connectivity index (χ1n) is 5.59. The van der Waals surface area contributed by atoms with Crippen molar-refractivity contribution in [3.05, 3.63) is 15.8 Å². The normalized spacial score (nSPS) is 12.0. The minimum Gasteiger partial charge on any atom is -0.477 e. The molecule has 6 nitrogen and oxygen atoms in total. The molecule has 1 aromatic heterocycles. The number of hydrogen-bond donors (Lipinski definition) is 1. The maximum absolute atomic E-state index is 12.3. The van der Waals surface area contributed by atoms with Crippen LogP contribution < -0.4 is 0 Å². The molecule has 1 heterocycles. The first-order chi connectivity index (χ1) is 8.80. The lowest BCUT2D eigenvalue weighted by atomic mass is 10.4. The van der Waals surface area contributed by atoms with Crippen LogP contribution in [-0.2, 0) is 14.8 Å². The zero-order valence-electron chi connectivity index (χ0n) is 11.0. The topological polar surface area (TPSA) is 83.9 Å². The second-order valence-electron chi connectivity index (χ2n) is 4.01. The summed E-state index contributed by atoms with van der Waals surface area (Å²) in [6.07, 6.45) is 0.585. The highest BCUT2D eigenvalue weighted by atomic mass is 32.2. The monoisotopic (exact) mass is 307 g/mol. The highest BCUT2D eigenvalue weighted by Crippen LogP contribution is 2.27. The molecule has 0 atom stereocenters. The Bertz CT molecular complexity index is 549. The number of sulfonamides is 1. The molecule has 0 aliphatic carbocycles. The van der Waals surface area contributed by atoms with Gasteiger partial charge in [-0.1, -0.05) is 0 Å². The van der Waals surface area contributed by atoms with Crippen molar-refractivity contribution in [1.29, 1.82) is 0 Å². The molecule has 0 saturated carbocycles. The number of methoxy groups -OCH3 is 1. The number of carbonyl (C=O) groups is 1. The maximum atomic E-state index is 12.3. The second-order valence-corrected chi connectivity index (χ2v) is 7.28. The molecule has 108 valence electrons. The van der Waals surface area contributed by atoms with Crippen molar-refractivity contribution >= 4 is 27.3 Å². The molecule has 0 fully saturated rings. The van der Waals surface area contributed by atoms with Crippen molar-refractivity contribution < 1.29 is 23.1 Å². The van der Waals surface area contributed by atoms with Crippen molar-refractivity contribution in [1.82, 2.24) is 4.31 Å². The van der Waals surface area contributed by atoms with E-state index in [1.54, 1.807) is 14.0 Å². The van der Waals surface area contributed by atoms with Gasteiger partial charge in [0.15, 0.2) is 0 Å². The molecule has 0 aromatic carbocycles. The van der Waals surface area contributed by atoms with E-state index in [9.17, 15) is 13.2 Å². The lowest BCUT2D eigenvalue weighted by Crippen LogP contribution is -2.28. The predicted octanol–water partition coefficient (Wildman–Crippen LogP) is 1.41. The Morgan fingerprint density at radius 3 is 2.63 bits per heavy atom. The van der Waals surface area contributed by atoms with Gasteiger partial charge in [0.25, 0.3) is 0 Å². The molecule has 0 aliphatic heterocycles. The molecule has 0 unspecified atom stereocenters. The Kier molecular flexibility index (Phi) is 5.48. The molecule has 0 spiro atoms. The maximum Gasteiger partial charge on any atom is 0.345 e. The molecule has 0 radical (unpaired) electrons. The summed E-state index contributed by atoms with van der Waals surface area (Å²) in [5, 5.41) is 8.89. The summed E-state index contributed by atoms with van der Waals surface area (Å²) in [7, 11) is -0.611. The summed E-state index contributed by atoms with van der Waals surface area (Å²) in [4.78, 5) is 11.4. The Morgan fingerprint density at radius 2 is 2.16 bits per heavy atom. The van der Waals surface area contributed by atoms with Crippen molar-refractivity contribution in [2.24, 2.45) is 0 Å². The predicted molar refractivity (Wildman–Crippen MR) is 72.3 cm³/mol. The number of aromatic carboxylic acids is 1. The van der Waals surface area contributed by atoms with Gasteiger partial charge in [0, 0.05) is 32.2 Å². The number of hydrogen-bond acceptors (Lipinski definition) is 5. The van der Waals surface area contributed by atoms with Gasteiger partial charge in [-0.2, -0.15) is 0 Å². The smallest absolute Gasteiger partial charge is 0.345 e. The average Bonchev–Trinajstić information content (AvgIpc) is 2.72. The van der Waals surface area contributed by atoms with E-state index in [4.69, 9.17) is 9.84 Å². The summed E-state index contributed by atoms with van der Waals surface area (Å²) < 4.78 is 30.7. The Hall–Kier alpha value is -0.960. The van der Waals surface area contributed by atoms with Crippen LogP contribution in [0, 0.1) is 6.92 Å². The highest BCUT2D eigenvalue weighted by molar-refractivity contribution is 7.89. The largest absolute Gasteiger partial charge is 0.477 e. The summed E-state index contributed by atoms with van der Waals surface area (Å²) in [5.74, 6) is -1.11. The minimum atomic E-state index is -3.64. The number of carboxylic acids is 1. The molecule has 0 saturated heterocycles. The molecule has 0 aliphatic rings. The SMILES string of the molecule is COCCCN(C)S(=O)(=O)c1cc(C(=O)O)sc1C. The Morgan fingerprint density at radius 1 is 1.53 bits per heavy atom. The standard InChI is InChI=1S/C11H17NO5S2/c1-8-10(7-9(18-8)11(13)14)19(15,16)12(2)5-4-6-17-3/h7H,4-6H2,1-3H3,(H,13,14). The summed E-state index contributed by atoms with van der Waals surface area (Å²) >= 11 is 0.965. The van der Waals surface area contributed by atoms with Crippen LogP contribution in [0.4, 0.5) is 0 Å². The highest BCUT2D eigenvalue weighted by Gasteiger charge is 2.25. The van der Waals surface area contributed by atoms with Crippen LogP contribution in [0.2, 0.25) is 0 Å². The first-order valence-corrected chi connectivity index (χ1v) is 7.85. The third kappa shape index (κ3) is 3.75. The fourth-order valence-electron chi connectivity index (χ4n) is 1.55. The van der Waals surface area contributed by atoms with Crippen LogP contribution in [0.1, 0.15) is 21.0 Å². The third-order valence-electron chi connectivity index (χ3n) is 2.59. The van der Waals surface area contributed by atoms with Crippen LogP contribution in [0.15, 0.2) is 11.0 Å². The summed E-state index contributed by atoms with van der Waals surface area (Å²) in [5.41, 5.74) is 0. The fraction of sp³-hybridized carbons (Fsp3) is 0.545. The van der Waals surface area contributed by atoms with E-state index in [0.717, 1.165) is 11.3 Å². The van der Waals surface area contributed by atoms with E-state index < -0.39 is 16.0 Å². The third-order valence-corrected chi connectivity index (χ3v) is 5.74. The van der Waals surface area contributed by atoms with E-state index >= 15 is 0 Å². The second kappa shape index (κ2) is 6.47. The molecular formula is C11H17NO5S2. The number of rotatable bonds is 7. The van der Waals surface area contributed by atoms with Gasteiger partial charge in [-0.15, -0.1) is 11.3 Å². The van der Waals surface area contributed by atoms with Crippen LogP contribution in [0.5, 0.6) is 0 Å². The van der Waals surface area contributed by atoms with E-state index in [-0.39, 0.29) is 9.77 Å². The lowest BCUT2D eigenvalue weighted by molar-refractivity contribution is 0.0702. The Labute approximate surface area is 116 Å². The molecule has 1 rings (SSSR count). The van der Waals surface area contributed by atoms with Crippen LogP contribution in [0.25, 0.3) is 0 Å². The van der Waals surface area contributed by atoms with Crippen molar-refractivity contribution in [3.8, 4) is 0 Å². The zero-order valence-corrected chi connectivity index (χ0v) is 12.7. The van der Waals surface area contributed by atoms with E-state index in [1.165, 1.54) is 17.4 Å². The first kappa shape index (κ1) is 16.1. The molecule has 0 amide bonds. The molecule has 8 heteroatoms. The van der Waals surface area contributed by atoms with Crippen LogP contribution >= 0.6 is 11.3 Å². The van der Waals surface area contributed by atoms with Gasteiger partial charge in [0.05, 0.1) is 4.90 Å². The van der Waals surface area contributed by atoms with E-state index in [2.05, 4.69) is 0 Å². The van der Waals surface area contributed by atoms with Gasteiger partial charge in [-0.3, -0.25) is 0 Å². The number of thiophene rings is 1. The molecule has 19 heavy (non-hydrogen) atoms. The quantitative estimate of drug-likeness (QED) is 0.770. The van der Waals surface area contributed by atoms with E-state index in [0.29, 0.717) is 24.4 Å². The number of carboxylic acid groups (broad SMARTS) is 1. The van der Waals surface area contributed by atoms with Crippen LogP contribution in [-0.4, -0.2) is 51.1 Å². The van der Waals surface area contributed by atoms with Gasteiger partial charge in [0.2, 0.25) is 10.0 Å². The number of aryl methyl sites for hydroxylation is 1. The minimum absolute atomic E-state index is 0.0290. The van der Waals surface area contributed by atoms with Gasteiger partial charge >= 0.3 is 5.97 Å². The molecule has 1 N–H and O–H groups in total. The van der Waals surface area contributed by atoms with Crippen molar-refractivity contribution in [3.63, 3.8) is 0 Å². The number of nitrogens with zero attached hydrogens (tertiary/aromatic N) is 1. The summed E-state index contributed by atoms with van der Waals surface area (Å²) in [6, 6.07) is 1.21. The van der Waals surface area contributed by atoms with Gasteiger partial charge < -0.3 is 9.84 Å².